The van der Waals surface area contributed by atoms with Crippen LogP contribution in [0.2, 0.25) is 0 Å². The number of hydrogen-bond acceptors (Lipinski definition) is 1. The molecule has 1 fully saturated rings. The molecule has 1 heterocycles. The minimum Gasteiger partial charge on any atom is -0.243 e. The minimum absolute atomic E-state index is 0.0833. The normalized spacial score (nSPS) is 21.2. The average molecular weight is 188 g/mol. The van der Waals surface area contributed by atoms with E-state index in [-0.39, 0.29) is 5.72 Å². The van der Waals surface area contributed by atoms with Gasteiger partial charge >= 0.3 is 0 Å². The summed E-state index contributed by atoms with van der Waals surface area (Å²) in [6.45, 7) is 8.32. The first-order valence-corrected chi connectivity index (χ1v) is 4.62. The third-order valence-corrected chi connectivity index (χ3v) is 2.61. The molecular weight excluding hydrogens is 164 g/mol. The second-order valence-electron chi connectivity index (χ2n) is 4.73. The summed E-state index contributed by atoms with van der Waals surface area (Å²) in [6, 6.07) is 0. The Morgan fingerprint density at radius 3 is 1.31 bits per heavy atom. The van der Waals surface area contributed by atoms with Gasteiger partial charge in [0.05, 0.1) is 0 Å². The van der Waals surface area contributed by atoms with Crippen molar-refractivity contribution in [3.63, 3.8) is 0 Å². The van der Waals surface area contributed by atoms with Crippen LogP contribution in [0.15, 0.2) is 0 Å². The van der Waals surface area contributed by atoms with Gasteiger partial charge in [-0.25, -0.2) is 4.58 Å². The molecule has 1 rings (SSSR count). The molecule has 0 atom stereocenters. The van der Waals surface area contributed by atoms with Gasteiger partial charge in [0.15, 0.2) is 0 Å². The quantitative estimate of drug-likeness (QED) is 0.243. The molecule has 0 aromatic heterocycles. The van der Waals surface area contributed by atoms with E-state index in [1.54, 1.807) is 0 Å². The van der Waals surface area contributed by atoms with E-state index < -0.39 is 0 Å². The maximum absolute atomic E-state index is 5.23. The fraction of sp³-hybridized carbons (Fsp3) is 0.900. The van der Waals surface area contributed by atoms with Crippen molar-refractivity contribution in [3.8, 4) is 0 Å². The molecule has 0 saturated carbocycles. The van der Waals surface area contributed by atoms with Gasteiger partial charge in [0.2, 0.25) is 0 Å². The Morgan fingerprint density at radius 1 is 1.15 bits per heavy atom. The van der Waals surface area contributed by atoms with E-state index in [0.29, 0.717) is 4.65 Å². The SMILES string of the molecule is CC(C)=[N+](C)C.CC1(C)O[N+]1(C)C. The lowest BCUT2D eigenvalue weighted by Crippen LogP contribution is -2.21. The van der Waals surface area contributed by atoms with E-state index in [1.807, 2.05) is 28.2 Å². The van der Waals surface area contributed by atoms with Crippen LogP contribution in [0.1, 0.15) is 27.7 Å². The molecule has 0 amide bonds. The molecule has 0 bridgehead atoms. The third kappa shape index (κ3) is 3.87. The fourth-order valence-corrected chi connectivity index (χ4v) is 0.538. The number of hydroxylamine groups is 3. The first-order chi connectivity index (χ1) is 5.60. The van der Waals surface area contributed by atoms with Gasteiger partial charge in [-0.2, -0.15) is 0 Å². The summed E-state index contributed by atoms with van der Waals surface area (Å²) in [7, 11) is 8.16. The first-order valence-electron chi connectivity index (χ1n) is 4.62. The van der Waals surface area contributed by atoms with Gasteiger partial charge in [-0.1, -0.05) is 0 Å². The summed E-state index contributed by atoms with van der Waals surface area (Å²) in [5.74, 6) is 0. The predicted octanol–water partition coefficient (Wildman–Crippen LogP) is 1.48. The van der Waals surface area contributed by atoms with E-state index >= 15 is 0 Å². The van der Waals surface area contributed by atoms with Crippen LogP contribution in [0, 0.1) is 0 Å². The summed E-state index contributed by atoms with van der Waals surface area (Å²) >= 11 is 0. The van der Waals surface area contributed by atoms with Crippen LogP contribution >= 0.6 is 0 Å². The maximum atomic E-state index is 5.23. The van der Waals surface area contributed by atoms with Crippen molar-refractivity contribution in [3.05, 3.63) is 0 Å². The molecule has 3 heteroatoms. The van der Waals surface area contributed by atoms with E-state index in [4.69, 9.17) is 4.84 Å². The summed E-state index contributed by atoms with van der Waals surface area (Å²) in [5.41, 5.74) is 1.43. The maximum Gasteiger partial charge on any atom is 0.277 e. The van der Waals surface area contributed by atoms with Crippen LogP contribution in [0.3, 0.4) is 0 Å². The van der Waals surface area contributed by atoms with E-state index in [1.165, 1.54) is 5.71 Å². The molecule has 0 N–H and O–H groups in total. The third-order valence-electron chi connectivity index (χ3n) is 2.61. The summed E-state index contributed by atoms with van der Waals surface area (Å²) < 4.78 is 2.78. The molecule has 0 radical (unpaired) electrons. The van der Waals surface area contributed by atoms with Gasteiger partial charge in [-0.05, 0) is 0 Å². The molecule has 3 nitrogen and oxygen atoms in total. The van der Waals surface area contributed by atoms with E-state index in [9.17, 15) is 0 Å². The second-order valence-corrected chi connectivity index (χ2v) is 4.73. The highest BCUT2D eigenvalue weighted by Crippen LogP contribution is 2.39. The standard InChI is InChI=1S/C5H12NO.C5H12N/c1-5(2)6(3,4)7-5;1-5(2)6(3)4/h1-4H3;1-4H3/q2*+1. The molecule has 0 aromatic carbocycles. The minimum atomic E-state index is 0.0833. The van der Waals surface area contributed by atoms with Crippen LogP contribution in [0.5, 0.6) is 0 Å². The second kappa shape index (κ2) is 3.76. The fourth-order valence-electron chi connectivity index (χ4n) is 0.538. The Morgan fingerprint density at radius 2 is 1.31 bits per heavy atom. The summed E-state index contributed by atoms with van der Waals surface area (Å²) in [5, 5.41) is 0. The van der Waals surface area contributed by atoms with Crippen LogP contribution in [0.25, 0.3) is 0 Å². The summed E-state index contributed by atoms with van der Waals surface area (Å²) in [4.78, 5) is 5.23. The Labute approximate surface area is 82.2 Å². The zero-order valence-electron chi connectivity index (χ0n) is 10.3. The Hall–Kier alpha value is -0.410. The van der Waals surface area contributed by atoms with Crippen LogP contribution in [0.4, 0.5) is 0 Å². The van der Waals surface area contributed by atoms with Crippen molar-refractivity contribution in [2.75, 3.05) is 28.2 Å². The molecule has 0 aliphatic carbocycles. The zero-order valence-corrected chi connectivity index (χ0v) is 10.3. The van der Waals surface area contributed by atoms with E-state index in [0.717, 1.165) is 0 Å². The molecule has 78 valence electrons. The van der Waals surface area contributed by atoms with Crippen LogP contribution < -0.4 is 0 Å². The van der Waals surface area contributed by atoms with Crippen LogP contribution in [-0.2, 0) is 4.84 Å². The topological polar surface area (TPSA) is 15.5 Å². The highest BCUT2D eigenvalue weighted by atomic mass is 16.9. The van der Waals surface area contributed by atoms with Gasteiger partial charge in [0.25, 0.3) is 5.72 Å². The van der Waals surface area contributed by atoms with Gasteiger partial charge < -0.3 is 0 Å². The molecule has 0 unspecified atom stereocenters. The van der Waals surface area contributed by atoms with Crippen molar-refractivity contribution in [1.29, 1.82) is 0 Å². The highest BCUT2D eigenvalue weighted by molar-refractivity contribution is 5.73. The Balaban J connectivity index is 0.000000226. The summed E-state index contributed by atoms with van der Waals surface area (Å²) in [6.07, 6.45) is 0. The average Bonchev–Trinajstić information content (AvgIpc) is 2.28. The largest absolute Gasteiger partial charge is 0.277 e. The lowest BCUT2D eigenvalue weighted by molar-refractivity contribution is -0.890. The highest BCUT2D eigenvalue weighted by Gasteiger charge is 2.60. The Kier molecular flexibility index (Phi) is 3.64. The first kappa shape index (κ1) is 12.6. The van der Waals surface area contributed by atoms with Crippen molar-refractivity contribution in [1.82, 2.24) is 0 Å². The molecule has 1 aliphatic heterocycles. The lowest BCUT2D eigenvalue weighted by atomic mass is 10.3. The number of rotatable bonds is 0. The van der Waals surface area contributed by atoms with Crippen LogP contribution in [-0.4, -0.2) is 48.8 Å². The number of quaternary nitrogens is 1. The Bertz CT molecular complexity index is 187. The van der Waals surface area contributed by atoms with Gasteiger partial charge in [0, 0.05) is 27.7 Å². The molecule has 1 saturated heterocycles. The lowest BCUT2D eigenvalue weighted by Gasteiger charge is -1.96. The smallest absolute Gasteiger partial charge is 0.243 e. The zero-order chi connectivity index (χ0) is 10.9. The molecular formula is C10H24N2O+2. The predicted molar refractivity (Wildman–Crippen MR) is 55.7 cm³/mol. The molecule has 13 heavy (non-hydrogen) atoms. The number of hydrogen-bond donors (Lipinski definition) is 0. The molecule has 0 spiro atoms. The van der Waals surface area contributed by atoms with Gasteiger partial charge in [-0.3, -0.25) is 0 Å². The number of nitrogens with zero attached hydrogens (tertiary/aromatic N) is 2. The molecule has 0 aromatic rings. The monoisotopic (exact) mass is 188 g/mol. The van der Waals surface area contributed by atoms with Crippen molar-refractivity contribution in [2.45, 2.75) is 33.4 Å². The van der Waals surface area contributed by atoms with Crippen molar-refractivity contribution < 1.29 is 14.1 Å². The van der Waals surface area contributed by atoms with Crippen molar-refractivity contribution >= 4 is 5.71 Å². The molecule has 1 aliphatic rings. The van der Waals surface area contributed by atoms with Gasteiger partial charge in [-0.15, -0.1) is 9.48 Å². The van der Waals surface area contributed by atoms with E-state index in [2.05, 4.69) is 32.3 Å². The van der Waals surface area contributed by atoms with Gasteiger partial charge in [0.1, 0.15) is 33.9 Å². The van der Waals surface area contributed by atoms with Crippen molar-refractivity contribution in [2.24, 2.45) is 0 Å².